The molecule has 146 valence electrons. The summed E-state index contributed by atoms with van der Waals surface area (Å²) in [6.45, 7) is 2.02. The van der Waals surface area contributed by atoms with Crippen molar-refractivity contribution in [2.24, 2.45) is 20.0 Å². The molecule has 0 radical (unpaired) electrons. The van der Waals surface area contributed by atoms with Gasteiger partial charge in [0.2, 0.25) is 11.7 Å². The predicted octanol–water partition coefficient (Wildman–Crippen LogP) is 2.37. The molecule has 30 heavy (non-hydrogen) atoms. The van der Waals surface area contributed by atoms with Gasteiger partial charge < -0.3 is 5.32 Å². The van der Waals surface area contributed by atoms with Gasteiger partial charge in [0.05, 0.1) is 11.8 Å². The van der Waals surface area contributed by atoms with Gasteiger partial charge in [0.15, 0.2) is 5.84 Å². The van der Waals surface area contributed by atoms with Gasteiger partial charge in [0.1, 0.15) is 17.4 Å². The van der Waals surface area contributed by atoms with Crippen LogP contribution in [-0.4, -0.2) is 51.3 Å². The number of benzene rings is 1. The van der Waals surface area contributed by atoms with Crippen molar-refractivity contribution in [2.75, 3.05) is 5.32 Å². The minimum Gasteiger partial charge on any atom is -0.348 e. The third kappa shape index (κ3) is 3.16. The Balaban J connectivity index is 1.42. The number of Topliss-reactive ketones (excluding diaryl/α,β-unsaturated/α-hetero) is 1. The number of anilines is 1. The van der Waals surface area contributed by atoms with Crippen LogP contribution in [0.4, 0.5) is 10.7 Å². The van der Waals surface area contributed by atoms with Gasteiger partial charge in [-0.15, -0.1) is 0 Å². The van der Waals surface area contributed by atoms with E-state index in [0.717, 1.165) is 5.56 Å². The monoisotopic (exact) mass is 397 g/mol. The van der Waals surface area contributed by atoms with Crippen LogP contribution in [-0.2, 0) is 4.79 Å². The Bertz CT molecular complexity index is 1220. The lowest BCUT2D eigenvalue weighted by molar-refractivity contribution is -0.113. The topological polar surface area (TPSA) is 121 Å². The van der Waals surface area contributed by atoms with Crippen molar-refractivity contribution < 1.29 is 9.59 Å². The summed E-state index contributed by atoms with van der Waals surface area (Å²) in [5.41, 5.74) is 2.48. The molecule has 0 bridgehead atoms. The largest absolute Gasteiger partial charge is 0.368 e. The van der Waals surface area contributed by atoms with Crippen molar-refractivity contribution in [3.63, 3.8) is 0 Å². The minimum atomic E-state index is -0.810. The number of allylic oxidation sites excluding steroid dienone is 1. The smallest absolute Gasteiger partial charge is 0.348 e. The van der Waals surface area contributed by atoms with Gasteiger partial charge in [-0.25, -0.2) is 24.7 Å². The number of rotatable bonds is 4. The molecule has 1 N–H and O–H groups in total. The van der Waals surface area contributed by atoms with Crippen molar-refractivity contribution in [1.29, 1.82) is 0 Å². The number of carbonyl (C=O) groups excluding carboxylic acids is 2. The molecule has 3 heterocycles. The van der Waals surface area contributed by atoms with E-state index in [9.17, 15) is 9.59 Å². The fourth-order valence-corrected chi connectivity index (χ4v) is 3.37. The van der Waals surface area contributed by atoms with E-state index >= 15 is 0 Å². The maximum atomic E-state index is 12.7. The Morgan fingerprint density at radius 2 is 1.90 bits per heavy atom. The van der Waals surface area contributed by atoms with E-state index in [-0.39, 0.29) is 23.2 Å². The molecule has 0 spiro atoms. The van der Waals surface area contributed by atoms with Crippen LogP contribution in [0.5, 0.6) is 0 Å². The highest BCUT2D eigenvalue weighted by molar-refractivity contribution is 6.75. The van der Waals surface area contributed by atoms with Gasteiger partial charge in [-0.3, -0.25) is 4.79 Å². The van der Waals surface area contributed by atoms with Gasteiger partial charge in [-0.05, 0) is 24.6 Å². The summed E-state index contributed by atoms with van der Waals surface area (Å²) in [4.78, 5) is 49.1. The summed E-state index contributed by atoms with van der Waals surface area (Å²) in [7, 11) is 0. The van der Waals surface area contributed by atoms with Crippen LogP contribution >= 0.6 is 0 Å². The summed E-state index contributed by atoms with van der Waals surface area (Å²) in [5, 5.41) is 3.26. The van der Waals surface area contributed by atoms with E-state index in [1.807, 2.05) is 37.3 Å². The number of nitrogens with one attached hydrogen (secondary N) is 1. The molecule has 2 aromatic rings. The van der Waals surface area contributed by atoms with Crippen molar-refractivity contribution in [3.05, 3.63) is 65.5 Å². The molecule has 0 saturated heterocycles. The van der Waals surface area contributed by atoms with E-state index in [4.69, 9.17) is 0 Å². The number of hydrogen-bond donors (Lipinski definition) is 1. The van der Waals surface area contributed by atoms with Crippen LogP contribution in [0.15, 0.2) is 74.2 Å². The zero-order valence-electron chi connectivity index (χ0n) is 15.9. The van der Waals surface area contributed by atoms with Crippen LogP contribution < -0.4 is 5.32 Å². The molecule has 0 saturated carbocycles. The minimum absolute atomic E-state index is 0.00308. The second-order valence-electron chi connectivity index (χ2n) is 6.90. The molecule has 2 atom stereocenters. The lowest BCUT2D eigenvalue weighted by Crippen LogP contribution is -2.39. The first kappa shape index (κ1) is 17.9. The van der Waals surface area contributed by atoms with Gasteiger partial charge in [-0.2, -0.15) is 9.98 Å². The fraction of sp³-hybridized carbons (Fsp3) is 0.143. The van der Waals surface area contributed by atoms with Crippen molar-refractivity contribution in [3.8, 4) is 0 Å². The summed E-state index contributed by atoms with van der Waals surface area (Å²) in [5.74, 6) is 0.373. The maximum absolute atomic E-state index is 12.7. The van der Waals surface area contributed by atoms with E-state index in [2.05, 4.69) is 35.3 Å². The van der Waals surface area contributed by atoms with E-state index in [1.54, 1.807) is 24.6 Å². The summed E-state index contributed by atoms with van der Waals surface area (Å²) < 4.78 is 0. The molecule has 1 aliphatic carbocycles. The highest BCUT2D eigenvalue weighted by Crippen LogP contribution is 2.23. The van der Waals surface area contributed by atoms with Gasteiger partial charge in [0, 0.05) is 18.0 Å². The Hall–Kier alpha value is -4.14. The van der Waals surface area contributed by atoms with Gasteiger partial charge in [-0.1, -0.05) is 30.3 Å². The zero-order chi connectivity index (χ0) is 20.7. The standard InChI is InChI=1S/C21H15N7O2/c1-11(12-5-3-2-4-6-12)24-20-22-8-7-14(25-20)19-23-10-13-9-15-17(28-21(30)26-15)18(29)16(13)27-19/h2-11,16H,1H3,(H,22,24,25)/t11-,16?/m0/s1. The van der Waals surface area contributed by atoms with E-state index in [0.29, 0.717) is 23.1 Å². The maximum Gasteiger partial charge on any atom is 0.368 e. The van der Waals surface area contributed by atoms with Gasteiger partial charge >= 0.3 is 6.03 Å². The first-order valence-electron chi connectivity index (χ1n) is 9.33. The second-order valence-corrected chi connectivity index (χ2v) is 6.90. The number of fused-ring (bicyclic) bond motifs is 2. The van der Waals surface area contributed by atoms with Crippen molar-refractivity contribution in [1.82, 2.24) is 9.97 Å². The number of nitrogens with zero attached hydrogens (tertiary/aromatic N) is 6. The lowest BCUT2D eigenvalue weighted by Gasteiger charge is -2.21. The average Bonchev–Trinajstić information content (AvgIpc) is 3.15. The molecule has 3 aliphatic rings. The van der Waals surface area contributed by atoms with Crippen molar-refractivity contribution in [2.45, 2.75) is 19.0 Å². The number of carbonyl (C=O) groups is 2. The molecular formula is C21H15N7O2. The molecular weight excluding hydrogens is 382 g/mol. The Kier molecular flexibility index (Phi) is 4.20. The molecule has 2 amide bonds. The highest BCUT2D eigenvalue weighted by Gasteiger charge is 2.38. The summed E-state index contributed by atoms with van der Waals surface area (Å²) in [6.07, 6.45) is 4.78. The molecule has 2 aliphatic heterocycles. The molecule has 9 nitrogen and oxygen atoms in total. The number of hydrogen-bond acceptors (Lipinski definition) is 7. The molecule has 1 aromatic heterocycles. The Morgan fingerprint density at radius 1 is 1.07 bits per heavy atom. The number of amidine groups is 1. The van der Waals surface area contributed by atoms with Crippen LogP contribution in [0.25, 0.3) is 0 Å². The first-order chi connectivity index (χ1) is 14.6. The molecule has 1 unspecified atom stereocenters. The SMILES string of the molecule is C[C@H](Nc1nccc(C2=NC3C(=O)C4=NC(=O)N=C4C=C3C=N2)n1)c1ccccc1. The Labute approximate surface area is 171 Å². The molecule has 9 heteroatoms. The quantitative estimate of drug-likeness (QED) is 0.849. The average molecular weight is 397 g/mol. The second kappa shape index (κ2) is 7.03. The fourth-order valence-electron chi connectivity index (χ4n) is 3.37. The molecule has 5 rings (SSSR count). The lowest BCUT2D eigenvalue weighted by atomic mass is 9.90. The van der Waals surface area contributed by atoms with E-state index in [1.165, 1.54) is 0 Å². The third-order valence-electron chi connectivity index (χ3n) is 4.88. The molecule has 1 aromatic carbocycles. The third-order valence-corrected chi connectivity index (χ3v) is 4.88. The number of ketones is 1. The van der Waals surface area contributed by atoms with Gasteiger partial charge in [0.25, 0.3) is 0 Å². The van der Waals surface area contributed by atoms with Crippen molar-refractivity contribution >= 4 is 41.2 Å². The van der Waals surface area contributed by atoms with Crippen LogP contribution in [0.1, 0.15) is 24.2 Å². The van der Waals surface area contributed by atoms with Crippen LogP contribution in [0.2, 0.25) is 0 Å². The summed E-state index contributed by atoms with van der Waals surface area (Å²) >= 11 is 0. The predicted molar refractivity (Wildman–Crippen MR) is 113 cm³/mol. The summed E-state index contributed by atoms with van der Waals surface area (Å²) in [6, 6.07) is 10.1. The normalized spacial score (nSPS) is 20.5. The first-order valence-corrected chi connectivity index (χ1v) is 9.33. The Morgan fingerprint density at radius 3 is 2.73 bits per heavy atom. The number of urea groups is 1. The van der Waals surface area contributed by atoms with Crippen LogP contribution in [0.3, 0.4) is 0 Å². The number of aromatic nitrogens is 2. The molecule has 0 fully saturated rings. The van der Waals surface area contributed by atoms with Crippen LogP contribution in [0, 0.1) is 0 Å². The van der Waals surface area contributed by atoms with E-state index < -0.39 is 12.1 Å². The number of aliphatic imine (C=N–C) groups is 4. The highest BCUT2D eigenvalue weighted by atomic mass is 16.2. The zero-order valence-corrected chi connectivity index (χ0v) is 15.9. The number of amides is 2.